The van der Waals surface area contributed by atoms with E-state index in [0.717, 1.165) is 6.07 Å². The zero-order valence-corrected chi connectivity index (χ0v) is 13.6. The molecule has 0 heterocycles. The van der Waals surface area contributed by atoms with Crippen LogP contribution in [-0.4, -0.2) is 17.0 Å². The van der Waals surface area contributed by atoms with Gasteiger partial charge in [0.05, 0.1) is 16.2 Å². The van der Waals surface area contributed by atoms with Crippen molar-refractivity contribution >= 4 is 52.6 Å². The second-order valence-corrected chi connectivity index (χ2v) is 5.54. The van der Waals surface area contributed by atoms with E-state index >= 15 is 0 Å². The van der Waals surface area contributed by atoms with Gasteiger partial charge in [0.15, 0.2) is 0 Å². The van der Waals surface area contributed by atoms with Gasteiger partial charge in [0.1, 0.15) is 5.02 Å². The number of nitrogens with one attached hydrogen (secondary N) is 1. The number of carbonyl (C=O) groups is 1. The molecular weight excluding hydrogens is 365 g/mol. The molecule has 0 bridgehead atoms. The summed E-state index contributed by atoms with van der Waals surface area (Å²) in [5.41, 5.74) is 2.50. The minimum atomic E-state index is -0.671. The Labute approximate surface area is 145 Å². The van der Waals surface area contributed by atoms with E-state index in [9.17, 15) is 14.9 Å². The van der Waals surface area contributed by atoms with Gasteiger partial charge in [0, 0.05) is 22.2 Å². The maximum Gasteiger partial charge on any atom is 0.288 e. The first-order chi connectivity index (χ1) is 10.9. The van der Waals surface area contributed by atoms with Crippen LogP contribution in [0.15, 0.2) is 41.5 Å². The van der Waals surface area contributed by atoms with E-state index < -0.39 is 10.8 Å². The molecule has 2 aromatic carbocycles. The smallest absolute Gasteiger partial charge is 0.267 e. The molecule has 1 amide bonds. The minimum absolute atomic E-state index is 0.0528. The number of rotatable bonds is 4. The SMILES string of the molecule is O=C(NN=Cc1ccc(Cl)cc1Cl)c1ccc(Cl)c([N+](=O)[O-])c1. The Morgan fingerprint density at radius 1 is 1.13 bits per heavy atom. The van der Waals surface area contributed by atoms with Gasteiger partial charge in [-0.1, -0.05) is 40.9 Å². The van der Waals surface area contributed by atoms with Crippen LogP contribution in [0.1, 0.15) is 15.9 Å². The van der Waals surface area contributed by atoms with Gasteiger partial charge >= 0.3 is 0 Å². The molecule has 0 aliphatic heterocycles. The normalized spacial score (nSPS) is 10.7. The standard InChI is InChI=1S/C14H8Cl3N3O3/c15-10-3-1-9(12(17)6-10)7-18-19-14(21)8-2-4-11(16)13(5-8)20(22)23/h1-7H,(H,19,21). The van der Waals surface area contributed by atoms with Gasteiger partial charge in [-0.25, -0.2) is 5.43 Å². The summed E-state index contributed by atoms with van der Waals surface area (Å²) >= 11 is 17.4. The fourth-order valence-electron chi connectivity index (χ4n) is 1.63. The molecule has 2 rings (SSSR count). The summed E-state index contributed by atoms with van der Waals surface area (Å²) in [5, 5.41) is 15.3. The lowest BCUT2D eigenvalue weighted by Crippen LogP contribution is -2.17. The number of carbonyl (C=O) groups excluding carboxylic acids is 1. The summed E-state index contributed by atoms with van der Waals surface area (Å²) in [6.07, 6.45) is 1.33. The van der Waals surface area contributed by atoms with Gasteiger partial charge in [-0.2, -0.15) is 5.10 Å². The molecule has 9 heteroatoms. The van der Waals surface area contributed by atoms with Crippen molar-refractivity contribution in [2.75, 3.05) is 0 Å². The molecule has 0 radical (unpaired) electrons. The Morgan fingerprint density at radius 3 is 2.52 bits per heavy atom. The largest absolute Gasteiger partial charge is 0.288 e. The van der Waals surface area contributed by atoms with E-state index in [1.165, 1.54) is 24.4 Å². The highest BCUT2D eigenvalue weighted by Crippen LogP contribution is 2.25. The lowest BCUT2D eigenvalue weighted by Gasteiger charge is -2.02. The number of nitro groups is 1. The average molecular weight is 373 g/mol. The number of benzene rings is 2. The van der Waals surface area contributed by atoms with E-state index in [2.05, 4.69) is 10.5 Å². The summed E-state index contributed by atoms with van der Waals surface area (Å²) in [7, 11) is 0. The van der Waals surface area contributed by atoms with E-state index in [4.69, 9.17) is 34.8 Å². The van der Waals surface area contributed by atoms with Gasteiger partial charge in [0.25, 0.3) is 11.6 Å². The van der Waals surface area contributed by atoms with E-state index in [1.807, 2.05) is 0 Å². The number of hydrogen-bond donors (Lipinski definition) is 1. The first-order valence-electron chi connectivity index (χ1n) is 6.11. The number of amides is 1. The molecule has 118 valence electrons. The number of halogens is 3. The Balaban J connectivity index is 2.12. The minimum Gasteiger partial charge on any atom is -0.267 e. The first kappa shape index (κ1) is 17.2. The van der Waals surface area contributed by atoms with Crippen molar-refractivity contribution < 1.29 is 9.72 Å². The summed E-state index contributed by atoms with van der Waals surface area (Å²) in [5.74, 6) is -0.619. The second-order valence-electron chi connectivity index (χ2n) is 4.29. The zero-order valence-electron chi connectivity index (χ0n) is 11.3. The highest BCUT2D eigenvalue weighted by atomic mass is 35.5. The van der Waals surface area contributed by atoms with Crippen LogP contribution >= 0.6 is 34.8 Å². The molecule has 23 heavy (non-hydrogen) atoms. The van der Waals surface area contributed by atoms with Crippen molar-refractivity contribution in [2.45, 2.75) is 0 Å². The van der Waals surface area contributed by atoms with Crippen molar-refractivity contribution in [3.8, 4) is 0 Å². The quantitative estimate of drug-likeness (QED) is 0.493. The Bertz CT molecular complexity index is 809. The van der Waals surface area contributed by atoms with Crippen LogP contribution in [0.5, 0.6) is 0 Å². The lowest BCUT2D eigenvalue weighted by atomic mass is 10.2. The average Bonchev–Trinajstić information content (AvgIpc) is 2.49. The number of hydrogen-bond acceptors (Lipinski definition) is 4. The van der Waals surface area contributed by atoms with Crippen molar-refractivity contribution in [1.29, 1.82) is 0 Å². The van der Waals surface area contributed by atoms with Crippen LogP contribution < -0.4 is 5.43 Å². The zero-order chi connectivity index (χ0) is 17.0. The highest BCUT2D eigenvalue weighted by molar-refractivity contribution is 6.36. The van der Waals surface area contributed by atoms with Crippen molar-refractivity contribution in [2.24, 2.45) is 5.10 Å². The van der Waals surface area contributed by atoms with Crippen LogP contribution in [-0.2, 0) is 0 Å². The Morgan fingerprint density at radius 2 is 1.87 bits per heavy atom. The predicted octanol–water partition coefficient (Wildman–Crippen LogP) is 4.32. The molecule has 0 saturated carbocycles. The van der Waals surface area contributed by atoms with Crippen molar-refractivity contribution in [3.05, 3.63) is 72.7 Å². The van der Waals surface area contributed by atoms with Crippen LogP contribution in [0.2, 0.25) is 15.1 Å². The van der Waals surface area contributed by atoms with Crippen molar-refractivity contribution in [1.82, 2.24) is 5.43 Å². The van der Waals surface area contributed by atoms with Gasteiger partial charge in [0.2, 0.25) is 0 Å². The second kappa shape index (κ2) is 7.41. The Kier molecular flexibility index (Phi) is 5.54. The molecule has 0 aliphatic carbocycles. The number of hydrazone groups is 1. The van der Waals surface area contributed by atoms with Crippen LogP contribution in [0, 0.1) is 10.1 Å². The maximum atomic E-state index is 11.9. The maximum absolute atomic E-state index is 11.9. The fraction of sp³-hybridized carbons (Fsp3) is 0. The molecular formula is C14H8Cl3N3O3. The third-order valence-corrected chi connectivity index (χ3v) is 3.62. The summed E-state index contributed by atoms with van der Waals surface area (Å²) in [4.78, 5) is 22.0. The van der Waals surface area contributed by atoms with Crippen LogP contribution in [0.4, 0.5) is 5.69 Å². The molecule has 0 fully saturated rings. The highest BCUT2D eigenvalue weighted by Gasteiger charge is 2.15. The number of nitro benzene ring substituents is 1. The lowest BCUT2D eigenvalue weighted by molar-refractivity contribution is -0.384. The molecule has 0 aromatic heterocycles. The van der Waals surface area contributed by atoms with Gasteiger partial charge in [-0.05, 0) is 24.3 Å². The van der Waals surface area contributed by atoms with E-state index in [0.29, 0.717) is 15.6 Å². The first-order valence-corrected chi connectivity index (χ1v) is 7.24. The monoisotopic (exact) mass is 371 g/mol. The third-order valence-electron chi connectivity index (χ3n) is 2.74. The Hall–Kier alpha value is -2.15. The topological polar surface area (TPSA) is 84.6 Å². The molecule has 0 atom stereocenters. The number of nitrogens with zero attached hydrogens (tertiary/aromatic N) is 2. The van der Waals surface area contributed by atoms with Crippen molar-refractivity contribution in [3.63, 3.8) is 0 Å². The molecule has 0 aliphatic rings. The molecule has 0 saturated heterocycles. The molecule has 6 nitrogen and oxygen atoms in total. The van der Waals surface area contributed by atoms with Crippen LogP contribution in [0.25, 0.3) is 0 Å². The van der Waals surface area contributed by atoms with E-state index in [-0.39, 0.29) is 16.3 Å². The molecule has 0 unspecified atom stereocenters. The predicted molar refractivity (Wildman–Crippen MR) is 89.6 cm³/mol. The molecule has 2 aromatic rings. The fourth-order valence-corrected chi connectivity index (χ4v) is 2.27. The summed E-state index contributed by atoms with van der Waals surface area (Å²) in [6, 6.07) is 8.49. The van der Waals surface area contributed by atoms with Gasteiger partial charge in [-0.3, -0.25) is 14.9 Å². The molecule has 0 spiro atoms. The van der Waals surface area contributed by atoms with Gasteiger partial charge < -0.3 is 0 Å². The van der Waals surface area contributed by atoms with Crippen LogP contribution in [0.3, 0.4) is 0 Å². The summed E-state index contributed by atoms with van der Waals surface area (Å²) in [6.45, 7) is 0. The third kappa shape index (κ3) is 4.41. The van der Waals surface area contributed by atoms with E-state index in [1.54, 1.807) is 12.1 Å². The summed E-state index contributed by atoms with van der Waals surface area (Å²) < 4.78 is 0. The van der Waals surface area contributed by atoms with Gasteiger partial charge in [-0.15, -0.1) is 0 Å². The molecule has 1 N–H and O–H groups in total.